The topological polar surface area (TPSA) is 39.7 Å². The zero-order valence-corrected chi connectivity index (χ0v) is 17.4. The summed E-state index contributed by atoms with van der Waals surface area (Å²) in [4.78, 5) is 0. The van der Waals surface area contributed by atoms with Crippen LogP contribution in [-0.2, 0) is 12.8 Å². The second kappa shape index (κ2) is 8.31. The highest BCUT2D eigenvalue weighted by Gasteiger charge is 2.26. The van der Waals surface area contributed by atoms with Gasteiger partial charge in [0.2, 0.25) is 0 Å². The number of fused-ring (bicyclic) bond motifs is 1. The fraction of sp³-hybridized carbons (Fsp3) is 0.429. The predicted molar refractivity (Wildman–Crippen MR) is 108 cm³/mol. The van der Waals surface area contributed by atoms with Crippen LogP contribution in [-0.4, -0.2) is 27.4 Å². The quantitative estimate of drug-likeness (QED) is 0.737. The van der Waals surface area contributed by atoms with Gasteiger partial charge in [-0.1, -0.05) is 6.07 Å². The monoisotopic (exact) mass is 419 g/mol. The molecule has 0 saturated heterocycles. The van der Waals surface area contributed by atoms with Crippen LogP contribution in [0, 0.1) is 0 Å². The lowest BCUT2D eigenvalue weighted by molar-refractivity contribution is 0.348. The van der Waals surface area contributed by atoms with Crippen LogP contribution in [0.25, 0.3) is 0 Å². The molecule has 140 valence electrons. The molecule has 5 heteroatoms. The van der Waals surface area contributed by atoms with Crippen LogP contribution < -0.4 is 19.5 Å². The van der Waals surface area contributed by atoms with E-state index in [2.05, 4.69) is 52.4 Å². The van der Waals surface area contributed by atoms with Crippen LogP contribution in [0.1, 0.15) is 36.1 Å². The molecule has 1 aliphatic heterocycles. The molecule has 0 aromatic heterocycles. The Morgan fingerprint density at radius 1 is 1.00 bits per heavy atom. The number of methoxy groups -OCH3 is 3. The average molecular weight is 420 g/mol. The number of aryl methyl sites for hydroxylation is 1. The van der Waals surface area contributed by atoms with E-state index >= 15 is 0 Å². The minimum absolute atomic E-state index is 0.300. The molecule has 2 aromatic rings. The number of ether oxygens (including phenoxy) is 3. The lowest BCUT2D eigenvalue weighted by Gasteiger charge is -2.32. The first-order valence-electron chi connectivity index (χ1n) is 8.89. The van der Waals surface area contributed by atoms with E-state index in [4.69, 9.17) is 14.2 Å². The molecule has 0 fully saturated rings. The molecule has 1 unspecified atom stereocenters. The highest BCUT2D eigenvalue weighted by Crippen LogP contribution is 2.37. The largest absolute Gasteiger partial charge is 0.496 e. The lowest BCUT2D eigenvalue weighted by Crippen LogP contribution is -2.37. The Hall–Kier alpha value is -1.72. The summed E-state index contributed by atoms with van der Waals surface area (Å²) < 4.78 is 17.3. The van der Waals surface area contributed by atoms with Gasteiger partial charge in [0.1, 0.15) is 5.75 Å². The van der Waals surface area contributed by atoms with Crippen molar-refractivity contribution in [2.75, 3.05) is 21.3 Å². The van der Waals surface area contributed by atoms with Gasteiger partial charge in [-0.3, -0.25) is 0 Å². The molecule has 0 amide bonds. The summed E-state index contributed by atoms with van der Waals surface area (Å²) in [5.74, 6) is 2.46. The molecule has 0 spiro atoms. The van der Waals surface area contributed by atoms with Gasteiger partial charge in [0, 0.05) is 12.1 Å². The molecule has 0 radical (unpaired) electrons. The first-order chi connectivity index (χ1) is 12.5. The fourth-order valence-electron chi connectivity index (χ4n) is 3.68. The molecule has 4 nitrogen and oxygen atoms in total. The third-order valence-corrected chi connectivity index (χ3v) is 5.59. The van der Waals surface area contributed by atoms with Gasteiger partial charge in [0.15, 0.2) is 11.5 Å². The van der Waals surface area contributed by atoms with Gasteiger partial charge >= 0.3 is 0 Å². The molecular weight excluding hydrogens is 394 g/mol. The third-order valence-electron chi connectivity index (χ3n) is 4.97. The molecule has 2 aromatic carbocycles. The Labute approximate surface area is 164 Å². The number of hydrogen-bond donors (Lipinski definition) is 1. The van der Waals surface area contributed by atoms with Crippen LogP contribution in [0.3, 0.4) is 0 Å². The van der Waals surface area contributed by atoms with Crippen LogP contribution in [0.2, 0.25) is 0 Å². The normalized spacial score (nSPS) is 19.0. The molecule has 0 aliphatic carbocycles. The summed E-state index contributed by atoms with van der Waals surface area (Å²) >= 11 is 3.57. The molecule has 3 rings (SSSR count). The molecule has 0 saturated carbocycles. The first kappa shape index (κ1) is 19.1. The number of rotatable bonds is 6. The number of nitrogens with one attached hydrogen (secondary N) is 1. The van der Waals surface area contributed by atoms with Crippen molar-refractivity contribution < 1.29 is 14.2 Å². The summed E-state index contributed by atoms with van der Waals surface area (Å²) in [7, 11) is 5.06. The van der Waals surface area contributed by atoms with E-state index in [1.54, 1.807) is 21.3 Å². The molecule has 0 bridgehead atoms. The van der Waals surface area contributed by atoms with Gasteiger partial charge < -0.3 is 19.5 Å². The van der Waals surface area contributed by atoms with Gasteiger partial charge in [-0.2, -0.15) is 0 Å². The zero-order chi connectivity index (χ0) is 18.7. The van der Waals surface area contributed by atoms with E-state index in [1.807, 2.05) is 6.07 Å². The van der Waals surface area contributed by atoms with Crippen molar-refractivity contribution in [2.45, 2.75) is 38.3 Å². The smallest absolute Gasteiger partial charge is 0.161 e. The standard InChI is InChI=1S/C21H26BrNO3/c1-13-9-15-11-20(25-3)21(26-4)12-16(15)18(23-13)7-5-14-6-8-19(24-2)17(22)10-14/h6,8,10-13,18,23H,5,7,9H2,1-4H3/t13-,18?/m0/s1. The first-order valence-corrected chi connectivity index (χ1v) is 9.68. The summed E-state index contributed by atoms with van der Waals surface area (Å²) in [6.07, 6.45) is 3.01. The van der Waals surface area contributed by atoms with Crippen LogP contribution in [0.5, 0.6) is 17.2 Å². The molecule has 1 N–H and O–H groups in total. The highest BCUT2D eigenvalue weighted by molar-refractivity contribution is 9.10. The van der Waals surface area contributed by atoms with E-state index in [1.165, 1.54) is 16.7 Å². The van der Waals surface area contributed by atoms with E-state index in [9.17, 15) is 0 Å². The van der Waals surface area contributed by atoms with Crippen molar-refractivity contribution in [3.8, 4) is 17.2 Å². The SMILES string of the molecule is COc1ccc(CCC2N[C@@H](C)Cc3cc(OC)c(OC)cc32)cc1Br. The highest BCUT2D eigenvalue weighted by atomic mass is 79.9. The van der Waals surface area contributed by atoms with E-state index in [-0.39, 0.29) is 0 Å². The maximum Gasteiger partial charge on any atom is 0.161 e. The van der Waals surface area contributed by atoms with Crippen molar-refractivity contribution in [3.05, 3.63) is 51.5 Å². The van der Waals surface area contributed by atoms with Gasteiger partial charge in [0.05, 0.1) is 25.8 Å². The summed E-state index contributed by atoms with van der Waals surface area (Å²) in [6.45, 7) is 2.23. The van der Waals surface area contributed by atoms with Crippen molar-refractivity contribution in [1.82, 2.24) is 5.32 Å². The summed E-state index contributed by atoms with van der Waals surface area (Å²) in [6, 6.07) is 11.3. The van der Waals surface area contributed by atoms with Crippen molar-refractivity contribution in [3.63, 3.8) is 0 Å². The van der Waals surface area contributed by atoms with Crippen LogP contribution >= 0.6 is 15.9 Å². The Morgan fingerprint density at radius 2 is 1.69 bits per heavy atom. The Kier molecular flexibility index (Phi) is 6.09. The minimum Gasteiger partial charge on any atom is -0.496 e. The van der Waals surface area contributed by atoms with Crippen molar-refractivity contribution >= 4 is 15.9 Å². The maximum atomic E-state index is 5.51. The molecule has 1 heterocycles. The fourth-order valence-corrected chi connectivity index (χ4v) is 4.26. The minimum atomic E-state index is 0.300. The van der Waals surface area contributed by atoms with Crippen LogP contribution in [0.4, 0.5) is 0 Å². The van der Waals surface area contributed by atoms with Crippen molar-refractivity contribution in [1.29, 1.82) is 0 Å². The van der Waals surface area contributed by atoms with Gasteiger partial charge in [-0.05, 0) is 83.1 Å². The molecular formula is C21H26BrNO3. The molecule has 1 aliphatic rings. The molecule has 26 heavy (non-hydrogen) atoms. The average Bonchev–Trinajstić information content (AvgIpc) is 2.65. The predicted octanol–water partition coefficient (Wildman–Crippen LogP) is 4.68. The van der Waals surface area contributed by atoms with Gasteiger partial charge in [-0.15, -0.1) is 0 Å². The maximum absolute atomic E-state index is 5.51. The van der Waals surface area contributed by atoms with Gasteiger partial charge in [0.25, 0.3) is 0 Å². The number of benzene rings is 2. The zero-order valence-electron chi connectivity index (χ0n) is 15.8. The number of halogens is 1. The second-order valence-electron chi connectivity index (χ2n) is 6.74. The lowest BCUT2D eigenvalue weighted by atomic mass is 9.87. The second-order valence-corrected chi connectivity index (χ2v) is 7.59. The third kappa shape index (κ3) is 3.99. The van der Waals surface area contributed by atoms with Crippen molar-refractivity contribution in [2.24, 2.45) is 0 Å². The van der Waals surface area contributed by atoms with E-state index < -0.39 is 0 Å². The Morgan fingerprint density at radius 3 is 2.35 bits per heavy atom. The number of hydrogen-bond acceptors (Lipinski definition) is 4. The Balaban J connectivity index is 1.82. The van der Waals surface area contributed by atoms with Crippen LogP contribution in [0.15, 0.2) is 34.8 Å². The van der Waals surface area contributed by atoms with E-state index in [0.717, 1.165) is 41.0 Å². The Bertz CT molecular complexity index is 778. The summed E-state index contributed by atoms with van der Waals surface area (Å²) in [5, 5.41) is 3.74. The molecule has 2 atom stereocenters. The summed E-state index contributed by atoms with van der Waals surface area (Å²) in [5.41, 5.74) is 3.95. The van der Waals surface area contributed by atoms with Gasteiger partial charge in [-0.25, -0.2) is 0 Å². The van der Waals surface area contributed by atoms with E-state index in [0.29, 0.717) is 12.1 Å².